The first kappa shape index (κ1) is 14.2. The van der Waals surface area contributed by atoms with Crippen LogP contribution in [0, 0.1) is 0 Å². The maximum Gasteiger partial charge on any atom is 0.323 e. The zero-order valence-corrected chi connectivity index (χ0v) is 11.7. The van der Waals surface area contributed by atoms with E-state index in [1.165, 1.54) is 17.0 Å². The highest BCUT2D eigenvalue weighted by molar-refractivity contribution is 6.22. The molecule has 1 aliphatic carbocycles. The quantitative estimate of drug-likeness (QED) is 0.792. The molecule has 1 N–H and O–H groups in total. The number of nitrogens with zero attached hydrogens (tertiary/aromatic N) is 2. The largest absolute Gasteiger partial charge is 0.480 e. The lowest BCUT2D eigenvalue weighted by atomic mass is 10.1. The third kappa shape index (κ3) is 2.45. The van der Waals surface area contributed by atoms with Crippen LogP contribution in [-0.4, -0.2) is 57.7 Å². The number of imide groups is 1. The van der Waals surface area contributed by atoms with Crippen molar-refractivity contribution in [2.24, 2.45) is 0 Å². The van der Waals surface area contributed by atoms with Gasteiger partial charge in [0, 0.05) is 6.04 Å². The minimum Gasteiger partial charge on any atom is -0.480 e. The molecule has 3 amide bonds. The first-order valence-electron chi connectivity index (χ1n) is 6.95. The molecule has 1 aromatic carbocycles. The lowest BCUT2D eigenvalue weighted by molar-refractivity contribution is -0.144. The molecule has 0 aromatic heterocycles. The fraction of sp³-hybridized carbons (Fsp3) is 0.333. The van der Waals surface area contributed by atoms with Crippen LogP contribution in [0.4, 0.5) is 0 Å². The Morgan fingerprint density at radius 1 is 1.14 bits per heavy atom. The molecule has 0 radical (unpaired) electrons. The summed E-state index contributed by atoms with van der Waals surface area (Å²) < 4.78 is 0. The van der Waals surface area contributed by atoms with Gasteiger partial charge in [0.25, 0.3) is 11.8 Å². The number of aliphatic carboxylic acids is 1. The molecule has 114 valence electrons. The van der Waals surface area contributed by atoms with Gasteiger partial charge in [-0.15, -0.1) is 0 Å². The van der Waals surface area contributed by atoms with E-state index >= 15 is 0 Å². The summed E-state index contributed by atoms with van der Waals surface area (Å²) in [5.41, 5.74) is 0.549. The second-order valence-corrected chi connectivity index (χ2v) is 5.39. The van der Waals surface area contributed by atoms with Crippen molar-refractivity contribution in [3.05, 3.63) is 35.4 Å². The molecule has 0 saturated heterocycles. The number of amides is 3. The summed E-state index contributed by atoms with van der Waals surface area (Å²) in [5.74, 6) is -2.65. The second kappa shape index (κ2) is 5.25. The summed E-state index contributed by atoms with van der Waals surface area (Å²) in [6.45, 7) is -0.831. The van der Waals surface area contributed by atoms with Crippen molar-refractivity contribution < 1.29 is 24.3 Å². The normalized spacial score (nSPS) is 16.6. The van der Waals surface area contributed by atoms with E-state index < -0.39 is 36.8 Å². The van der Waals surface area contributed by atoms with Gasteiger partial charge in [0.15, 0.2) is 0 Å². The molecule has 0 bridgehead atoms. The zero-order chi connectivity index (χ0) is 15.9. The Kier molecular flexibility index (Phi) is 3.40. The lowest BCUT2D eigenvalue weighted by Crippen LogP contribution is -2.45. The first-order valence-corrected chi connectivity index (χ1v) is 6.95. The molecule has 1 fully saturated rings. The number of carboxylic acid groups (broad SMARTS) is 1. The van der Waals surface area contributed by atoms with E-state index in [2.05, 4.69) is 0 Å². The van der Waals surface area contributed by atoms with Gasteiger partial charge in [0.05, 0.1) is 11.1 Å². The molecule has 0 atom stereocenters. The minimum atomic E-state index is -1.11. The van der Waals surface area contributed by atoms with Crippen LogP contribution in [0.3, 0.4) is 0 Å². The Morgan fingerprint density at radius 3 is 2.14 bits per heavy atom. The van der Waals surface area contributed by atoms with Crippen LogP contribution in [0.2, 0.25) is 0 Å². The van der Waals surface area contributed by atoms with Crippen molar-refractivity contribution in [2.45, 2.75) is 18.9 Å². The van der Waals surface area contributed by atoms with Gasteiger partial charge >= 0.3 is 5.97 Å². The van der Waals surface area contributed by atoms with E-state index in [9.17, 15) is 19.2 Å². The van der Waals surface area contributed by atoms with Gasteiger partial charge in [0.1, 0.15) is 13.1 Å². The maximum atomic E-state index is 12.3. The standard InChI is InChI=1S/C15H14N2O5/c18-12(16(8-13(19)20)9-5-6-9)7-17-14(21)10-3-1-2-4-11(10)15(17)22/h1-4,9H,5-8H2,(H,19,20). The van der Waals surface area contributed by atoms with Gasteiger partial charge < -0.3 is 10.0 Å². The highest BCUT2D eigenvalue weighted by atomic mass is 16.4. The highest BCUT2D eigenvalue weighted by Crippen LogP contribution is 2.28. The van der Waals surface area contributed by atoms with Crippen LogP contribution >= 0.6 is 0 Å². The molecule has 1 aliphatic heterocycles. The molecule has 22 heavy (non-hydrogen) atoms. The summed E-state index contributed by atoms with van der Waals surface area (Å²) >= 11 is 0. The molecule has 0 spiro atoms. The predicted molar refractivity (Wildman–Crippen MR) is 74.2 cm³/mol. The van der Waals surface area contributed by atoms with Crippen molar-refractivity contribution in [3.63, 3.8) is 0 Å². The molecule has 1 aromatic rings. The second-order valence-electron chi connectivity index (χ2n) is 5.39. The fourth-order valence-electron chi connectivity index (χ4n) is 2.56. The molecule has 1 heterocycles. The Labute approximate surface area is 126 Å². The van der Waals surface area contributed by atoms with E-state index in [0.717, 1.165) is 17.7 Å². The fourth-order valence-corrected chi connectivity index (χ4v) is 2.56. The average Bonchev–Trinajstić information content (AvgIpc) is 3.30. The molecular formula is C15H14N2O5. The summed E-state index contributed by atoms with van der Waals surface area (Å²) in [7, 11) is 0. The smallest absolute Gasteiger partial charge is 0.323 e. The molecule has 1 saturated carbocycles. The van der Waals surface area contributed by atoms with Gasteiger partial charge in [-0.1, -0.05) is 12.1 Å². The number of carbonyl (C=O) groups is 4. The van der Waals surface area contributed by atoms with E-state index in [0.29, 0.717) is 0 Å². The first-order chi connectivity index (χ1) is 10.5. The van der Waals surface area contributed by atoms with Gasteiger partial charge in [-0.3, -0.25) is 24.1 Å². The van der Waals surface area contributed by atoms with Crippen LogP contribution in [0.15, 0.2) is 24.3 Å². The number of hydrogen-bond donors (Lipinski definition) is 1. The van der Waals surface area contributed by atoms with Crippen molar-refractivity contribution in [1.82, 2.24) is 9.80 Å². The maximum absolute atomic E-state index is 12.3. The topological polar surface area (TPSA) is 95.0 Å². The van der Waals surface area contributed by atoms with Crippen LogP contribution in [0.1, 0.15) is 33.6 Å². The Hall–Kier alpha value is -2.70. The van der Waals surface area contributed by atoms with E-state index in [1.807, 2.05) is 0 Å². The molecular weight excluding hydrogens is 288 g/mol. The van der Waals surface area contributed by atoms with Gasteiger partial charge in [0.2, 0.25) is 5.91 Å². The SMILES string of the molecule is O=C(O)CN(C(=O)CN1C(=O)c2ccccc2C1=O)C1CC1. The van der Waals surface area contributed by atoms with Gasteiger partial charge in [-0.25, -0.2) is 0 Å². The van der Waals surface area contributed by atoms with E-state index in [1.54, 1.807) is 12.1 Å². The van der Waals surface area contributed by atoms with Crippen molar-refractivity contribution in [2.75, 3.05) is 13.1 Å². The number of carboxylic acids is 1. The van der Waals surface area contributed by atoms with Gasteiger partial charge in [-0.2, -0.15) is 0 Å². The zero-order valence-electron chi connectivity index (χ0n) is 11.7. The molecule has 0 unspecified atom stereocenters. The van der Waals surface area contributed by atoms with Crippen molar-refractivity contribution >= 4 is 23.7 Å². The van der Waals surface area contributed by atoms with E-state index in [4.69, 9.17) is 5.11 Å². The van der Waals surface area contributed by atoms with Crippen LogP contribution < -0.4 is 0 Å². The van der Waals surface area contributed by atoms with E-state index in [-0.39, 0.29) is 17.2 Å². The number of carbonyl (C=O) groups excluding carboxylic acids is 3. The highest BCUT2D eigenvalue weighted by Gasteiger charge is 2.40. The molecule has 7 heteroatoms. The van der Waals surface area contributed by atoms with Crippen LogP contribution in [0.25, 0.3) is 0 Å². The Balaban J connectivity index is 1.76. The number of fused-ring (bicyclic) bond motifs is 1. The van der Waals surface area contributed by atoms with Crippen LogP contribution in [0.5, 0.6) is 0 Å². The number of benzene rings is 1. The summed E-state index contributed by atoms with van der Waals surface area (Å²) in [6.07, 6.45) is 1.50. The summed E-state index contributed by atoms with van der Waals surface area (Å²) in [4.78, 5) is 49.6. The average molecular weight is 302 g/mol. The third-order valence-electron chi connectivity index (χ3n) is 3.79. The molecule has 7 nitrogen and oxygen atoms in total. The third-order valence-corrected chi connectivity index (χ3v) is 3.79. The number of rotatable bonds is 5. The van der Waals surface area contributed by atoms with Gasteiger partial charge in [-0.05, 0) is 25.0 Å². The van der Waals surface area contributed by atoms with Crippen molar-refractivity contribution in [1.29, 1.82) is 0 Å². The summed E-state index contributed by atoms with van der Waals surface area (Å²) in [6, 6.07) is 6.28. The predicted octanol–water partition coefficient (Wildman–Crippen LogP) is 0.358. The number of hydrogen-bond acceptors (Lipinski definition) is 4. The van der Waals surface area contributed by atoms with Crippen molar-refractivity contribution in [3.8, 4) is 0 Å². The molecule has 3 rings (SSSR count). The summed E-state index contributed by atoms with van der Waals surface area (Å²) in [5, 5.41) is 8.87. The Morgan fingerprint density at radius 2 is 1.68 bits per heavy atom. The minimum absolute atomic E-state index is 0.0983. The molecule has 2 aliphatic rings. The van der Waals surface area contributed by atoms with Crippen LogP contribution in [-0.2, 0) is 9.59 Å². The Bertz CT molecular complexity index is 645. The monoisotopic (exact) mass is 302 g/mol. The lowest BCUT2D eigenvalue weighted by Gasteiger charge is -2.22.